The van der Waals surface area contributed by atoms with E-state index < -0.39 is 0 Å². The second kappa shape index (κ2) is 5.48. The molecule has 0 aromatic heterocycles. The molecule has 0 aliphatic carbocycles. The number of carbonyl (C=O) groups is 1. The lowest BCUT2D eigenvalue weighted by molar-refractivity contribution is -0.133. The van der Waals surface area contributed by atoms with Crippen molar-refractivity contribution in [3.63, 3.8) is 0 Å². The molecule has 2 nitrogen and oxygen atoms in total. The molecule has 0 unspecified atom stereocenters. The lowest BCUT2D eigenvalue weighted by atomic mass is 9.87. The van der Waals surface area contributed by atoms with Gasteiger partial charge in [-0.15, -0.1) is 0 Å². The molecule has 0 radical (unpaired) electrons. The number of rotatable bonds is 3. The van der Waals surface area contributed by atoms with E-state index in [1.807, 2.05) is 24.3 Å². The van der Waals surface area contributed by atoms with Gasteiger partial charge in [0.05, 0.1) is 6.42 Å². The molecule has 0 aliphatic rings. The highest BCUT2D eigenvalue weighted by Crippen LogP contribution is 2.24. The van der Waals surface area contributed by atoms with E-state index in [0.29, 0.717) is 17.5 Å². The summed E-state index contributed by atoms with van der Waals surface area (Å²) < 4.78 is 5.15. The third kappa shape index (κ3) is 3.97. The molecule has 0 fully saturated rings. The van der Waals surface area contributed by atoms with Gasteiger partial charge in [-0.3, -0.25) is 4.79 Å². The summed E-state index contributed by atoms with van der Waals surface area (Å²) in [6.07, 6.45) is 0.390. The molecule has 3 heteroatoms. The first-order valence-electron chi connectivity index (χ1n) is 5.30. The van der Waals surface area contributed by atoms with Gasteiger partial charge >= 0.3 is 5.97 Å². The Morgan fingerprint density at radius 1 is 1.25 bits per heavy atom. The van der Waals surface area contributed by atoms with Gasteiger partial charge in [0.1, 0.15) is 5.75 Å². The minimum atomic E-state index is -0.208. The normalized spacial score (nSPS) is 11.2. The summed E-state index contributed by atoms with van der Waals surface area (Å²) in [6.45, 7) is 6.45. The Bertz CT molecular complexity index is 349. The number of hydrogen-bond acceptors (Lipinski definition) is 2. The molecule has 0 N–H and O–H groups in total. The monoisotopic (exact) mass is 284 g/mol. The second-order valence-corrected chi connectivity index (χ2v) is 5.48. The summed E-state index contributed by atoms with van der Waals surface area (Å²) in [5.74, 6) is 0.402. The van der Waals surface area contributed by atoms with Gasteiger partial charge in [-0.05, 0) is 23.1 Å². The van der Waals surface area contributed by atoms with Crippen LogP contribution in [0.5, 0.6) is 5.75 Å². The van der Waals surface area contributed by atoms with Crippen LogP contribution in [0.25, 0.3) is 0 Å². The van der Waals surface area contributed by atoms with Gasteiger partial charge in [-0.1, -0.05) is 48.8 Å². The lowest BCUT2D eigenvalue weighted by Crippen LogP contribution is -2.11. The average Bonchev–Trinajstić information content (AvgIpc) is 2.17. The van der Waals surface area contributed by atoms with E-state index in [4.69, 9.17) is 4.74 Å². The minimum Gasteiger partial charge on any atom is -0.427 e. The molecule has 0 saturated carbocycles. The van der Waals surface area contributed by atoms with Gasteiger partial charge in [0.15, 0.2) is 0 Å². The molecule has 1 aromatic carbocycles. The molecule has 16 heavy (non-hydrogen) atoms. The van der Waals surface area contributed by atoms with Crippen LogP contribution in [0, 0.1) is 0 Å². The van der Waals surface area contributed by atoms with Crippen LogP contribution in [-0.2, 0) is 10.2 Å². The van der Waals surface area contributed by atoms with E-state index in [9.17, 15) is 4.79 Å². The molecule has 0 aliphatic heterocycles. The Labute approximate surface area is 105 Å². The van der Waals surface area contributed by atoms with Crippen molar-refractivity contribution in [1.29, 1.82) is 0 Å². The summed E-state index contributed by atoms with van der Waals surface area (Å²) in [5.41, 5.74) is 1.35. The Morgan fingerprint density at radius 2 is 1.81 bits per heavy atom. The molecule has 1 rings (SSSR count). The van der Waals surface area contributed by atoms with Crippen LogP contribution in [0.4, 0.5) is 0 Å². The zero-order valence-electron chi connectivity index (χ0n) is 9.92. The SMILES string of the molecule is CC(C)(C)c1ccc(OC(=O)CCBr)cc1. The third-order valence-electron chi connectivity index (χ3n) is 2.25. The number of ether oxygens (including phenoxy) is 1. The molecule has 0 amide bonds. The fraction of sp³-hybridized carbons (Fsp3) is 0.462. The smallest absolute Gasteiger partial charge is 0.312 e. The van der Waals surface area contributed by atoms with E-state index in [-0.39, 0.29) is 11.4 Å². The van der Waals surface area contributed by atoms with E-state index >= 15 is 0 Å². The number of carbonyl (C=O) groups excluding carboxylic acids is 1. The Hall–Kier alpha value is -0.830. The Kier molecular flexibility index (Phi) is 4.54. The highest BCUT2D eigenvalue weighted by atomic mass is 79.9. The zero-order valence-corrected chi connectivity index (χ0v) is 11.5. The first-order chi connectivity index (χ1) is 7.43. The van der Waals surface area contributed by atoms with Crippen LogP contribution in [0.1, 0.15) is 32.8 Å². The number of hydrogen-bond donors (Lipinski definition) is 0. The summed E-state index contributed by atoms with van der Waals surface area (Å²) in [7, 11) is 0. The van der Waals surface area contributed by atoms with Crippen LogP contribution in [0.3, 0.4) is 0 Å². The maximum absolute atomic E-state index is 11.2. The summed E-state index contributed by atoms with van der Waals surface area (Å²) in [4.78, 5) is 11.2. The van der Waals surface area contributed by atoms with Crippen molar-refractivity contribution in [3.8, 4) is 5.75 Å². The predicted molar refractivity (Wildman–Crippen MR) is 69.2 cm³/mol. The fourth-order valence-corrected chi connectivity index (χ4v) is 1.61. The first kappa shape index (κ1) is 13.2. The molecule has 0 heterocycles. The molecular weight excluding hydrogens is 268 g/mol. The Morgan fingerprint density at radius 3 is 2.25 bits per heavy atom. The van der Waals surface area contributed by atoms with E-state index in [1.54, 1.807) is 0 Å². The van der Waals surface area contributed by atoms with Crippen molar-refractivity contribution in [2.45, 2.75) is 32.6 Å². The molecule has 0 saturated heterocycles. The fourth-order valence-electron chi connectivity index (χ4n) is 1.28. The quantitative estimate of drug-likeness (QED) is 0.481. The molecule has 0 spiro atoms. The van der Waals surface area contributed by atoms with E-state index in [2.05, 4.69) is 36.7 Å². The van der Waals surface area contributed by atoms with E-state index in [1.165, 1.54) is 5.56 Å². The van der Waals surface area contributed by atoms with E-state index in [0.717, 1.165) is 0 Å². The van der Waals surface area contributed by atoms with Gasteiger partial charge in [-0.2, -0.15) is 0 Å². The average molecular weight is 285 g/mol. The lowest BCUT2D eigenvalue weighted by Gasteiger charge is -2.18. The maximum atomic E-state index is 11.2. The second-order valence-electron chi connectivity index (χ2n) is 4.69. The molecule has 0 atom stereocenters. The molecular formula is C13H17BrO2. The van der Waals surface area contributed by atoms with Crippen LogP contribution in [0.2, 0.25) is 0 Å². The zero-order chi connectivity index (χ0) is 12.2. The van der Waals surface area contributed by atoms with Gasteiger partial charge in [-0.25, -0.2) is 0 Å². The van der Waals surface area contributed by atoms with Gasteiger partial charge < -0.3 is 4.74 Å². The number of halogens is 1. The van der Waals surface area contributed by atoms with Crippen LogP contribution < -0.4 is 4.74 Å². The van der Waals surface area contributed by atoms with Crippen LogP contribution in [0.15, 0.2) is 24.3 Å². The van der Waals surface area contributed by atoms with Crippen molar-refractivity contribution in [3.05, 3.63) is 29.8 Å². The van der Waals surface area contributed by atoms with Gasteiger partial charge in [0, 0.05) is 5.33 Å². The maximum Gasteiger partial charge on any atom is 0.312 e. The highest BCUT2D eigenvalue weighted by Gasteiger charge is 2.13. The van der Waals surface area contributed by atoms with Gasteiger partial charge in [0.2, 0.25) is 0 Å². The van der Waals surface area contributed by atoms with Crippen LogP contribution >= 0.6 is 15.9 Å². The van der Waals surface area contributed by atoms with Crippen molar-refractivity contribution < 1.29 is 9.53 Å². The van der Waals surface area contributed by atoms with Crippen molar-refractivity contribution in [2.75, 3.05) is 5.33 Å². The number of alkyl halides is 1. The standard InChI is InChI=1S/C13H17BrO2/c1-13(2,3)10-4-6-11(7-5-10)16-12(15)8-9-14/h4-7H,8-9H2,1-3H3. The third-order valence-corrected chi connectivity index (χ3v) is 2.65. The first-order valence-corrected chi connectivity index (χ1v) is 6.43. The Balaban J connectivity index is 2.69. The predicted octanol–water partition coefficient (Wildman–Crippen LogP) is 3.67. The van der Waals surface area contributed by atoms with Crippen LogP contribution in [-0.4, -0.2) is 11.3 Å². The number of benzene rings is 1. The highest BCUT2D eigenvalue weighted by molar-refractivity contribution is 9.09. The number of esters is 1. The van der Waals surface area contributed by atoms with Gasteiger partial charge in [0.25, 0.3) is 0 Å². The summed E-state index contributed by atoms with van der Waals surface area (Å²) >= 11 is 3.20. The topological polar surface area (TPSA) is 26.3 Å². The molecule has 1 aromatic rings. The largest absolute Gasteiger partial charge is 0.427 e. The molecule has 0 bridgehead atoms. The molecule has 88 valence electrons. The summed E-state index contributed by atoms with van der Waals surface area (Å²) in [5, 5.41) is 0.631. The van der Waals surface area contributed by atoms with Crippen molar-refractivity contribution in [2.24, 2.45) is 0 Å². The van der Waals surface area contributed by atoms with Crippen molar-refractivity contribution >= 4 is 21.9 Å². The summed E-state index contributed by atoms with van der Waals surface area (Å²) in [6, 6.07) is 7.67. The van der Waals surface area contributed by atoms with Crippen molar-refractivity contribution in [1.82, 2.24) is 0 Å². The minimum absolute atomic E-state index is 0.123.